The summed E-state index contributed by atoms with van der Waals surface area (Å²) < 4.78 is 27.5. The summed E-state index contributed by atoms with van der Waals surface area (Å²) in [6.45, 7) is 3.59. The predicted octanol–water partition coefficient (Wildman–Crippen LogP) is 4.39. The topological polar surface area (TPSA) is 56.6 Å². The highest BCUT2D eigenvalue weighted by Crippen LogP contribution is 2.30. The van der Waals surface area contributed by atoms with Gasteiger partial charge in [-0.3, -0.25) is 4.79 Å². The molecule has 3 aromatic rings. The molecule has 0 radical (unpaired) electrons. The summed E-state index contributed by atoms with van der Waals surface area (Å²) in [7, 11) is 0. The van der Waals surface area contributed by atoms with Gasteiger partial charge in [0.2, 0.25) is 0 Å². The Hall–Kier alpha value is -3.00. The van der Waals surface area contributed by atoms with E-state index < -0.39 is 17.0 Å². The van der Waals surface area contributed by atoms with Gasteiger partial charge < -0.3 is 4.98 Å². The Morgan fingerprint density at radius 2 is 1.88 bits per heavy atom. The van der Waals surface area contributed by atoms with E-state index >= 15 is 0 Å². The lowest BCUT2D eigenvalue weighted by molar-refractivity contribution is 0.545. The van der Waals surface area contributed by atoms with Gasteiger partial charge in [-0.1, -0.05) is 19.1 Å². The van der Waals surface area contributed by atoms with Gasteiger partial charge >= 0.3 is 0 Å². The van der Waals surface area contributed by atoms with Crippen LogP contribution in [0.4, 0.5) is 8.78 Å². The number of nitrogens with one attached hydrogen (secondary N) is 1. The van der Waals surface area contributed by atoms with Gasteiger partial charge in [-0.25, -0.2) is 8.78 Å². The Labute approximate surface area is 149 Å². The van der Waals surface area contributed by atoms with Crippen LogP contribution in [0.1, 0.15) is 30.5 Å². The van der Waals surface area contributed by atoms with E-state index in [-0.39, 0.29) is 17.5 Å². The number of aryl methyl sites for hydroxylation is 1. The molecule has 2 aromatic carbocycles. The summed E-state index contributed by atoms with van der Waals surface area (Å²) in [5.41, 5.74) is 0.858. The zero-order chi connectivity index (χ0) is 18.9. The summed E-state index contributed by atoms with van der Waals surface area (Å²) in [6, 6.07) is 12.6. The first-order valence-corrected chi connectivity index (χ1v) is 8.38. The van der Waals surface area contributed by atoms with Crippen LogP contribution in [0.25, 0.3) is 10.9 Å². The van der Waals surface area contributed by atoms with Crippen LogP contribution in [0.2, 0.25) is 0 Å². The molecular weight excluding hydrogens is 334 g/mol. The van der Waals surface area contributed by atoms with Crippen LogP contribution in [-0.4, -0.2) is 4.98 Å². The molecule has 0 aliphatic rings. The van der Waals surface area contributed by atoms with Crippen LogP contribution in [-0.2, 0) is 18.3 Å². The first kappa shape index (κ1) is 17.8. The number of nitrogens with zero attached hydrogens (tertiary/aromatic N) is 1. The van der Waals surface area contributed by atoms with Gasteiger partial charge in [0, 0.05) is 11.1 Å². The Kier molecular flexibility index (Phi) is 4.60. The van der Waals surface area contributed by atoms with E-state index in [1.54, 1.807) is 19.1 Å². The monoisotopic (exact) mass is 352 g/mol. The Morgan fingerprint density at radius 1 is 1.12 bits per heavy atom. The summed E-state index contributed by atoms with van der Waals surface area (Å²) in [5.74, 6) is -1.09. The van der Waals surface area contributed by atoms with Crippen molar-refractivity contribution in [1.82, 2.24) is 4.98 Å². The molecule has 5 heteroatoms. The van der Waals surface area contributed by atoms with Crippen molar-refractivity contribution in [3.63, 3.8) is 0 Å². The molecule has 0 saturated carbocycles. The molecule has 0 fully saturated rings. The lowest BCUT2D eigenvalue weighted by Crippen LogP contribution is -2.24. The average molecular weight is 352 g/mol. The van der Waals surface area contributed by atoms with Crippen LogP contribution in [0.15, 0.2) is 47.3 Å². The van der Waals surface area contributed by atoms with Crippen molar-refractivity contribution >= 4 is 10.9 Å². The summed E-state index contributed by atoms with van der Waals surface area (Å²) in [4.78, 5) is 14.9. The average Bonchev–Trinajstić information content (AvgIpc) is 2.63. The molecule has 0 amide bonds. The van der Waals surface area contributed by atoms with Crippen molar-refractivity contribution in [2.24, 2.45) is 0 Å². The summed E-state index contributed by atoms with van der Waals surface area (Å²) in [5, 5.41) is 10.6. The van der Waals surface area contributed by atoms with Gasteiger partial charge in [0.1, 0.15) is 11.6 Å². The van der Waals surface area contributed by atoms with Crippen LogP contribution < -0.4 is 5.56 Å². The SMILES string of the molecule is CCc1cc2ccc(C(C)(C#N)Cc3cc(F)ccc3F)cc2[nH]c1=O. The molecule has 0 spiro atoms. The van der Waals surface area contributed by atoms with Crippen molar-refractivity contribution in [3.05, 3.63) is 81.1 Å². The van der Waals surface area contributed by atoms with Crippen LogP contribution >= 0.6 is 0 Å². The maximum Gasteiger partial charge on any atom is 0.251 e. The first-order valence-electron chi connectivity index (χ1n) is 8.38. The second-order valence-electron chi connectivity index (χ2n) is 6.64. The van der Waals surface area contributed by atoms with Gasteiger partial charge in [0.05, 0.1) is 11.5 Å². The zero-order valence-corrected chi connectivity index (χ0v) is 14.6. The molecule has 26 heavy (non-hydrogen) atoms. The molecule has 1 atom stereocenters. The highest BCUT2D eigenvalue weighted by atomic mass is 19.1. The number of benzene rings is 2. The highest BCUT2D eigenvalue weighted by Gasteiger charge is 2.29. The minimum absolute atomic E-state index is 0.0237. The predicted molar refractivity (Wildman–Crippen MR) is 97.0 cm³/mol. The Balaban J connectivity index is 2.08. The maximum absolute atomic E-state index is 14.0. The number of aromatic nitrogens is 1. The number of nitriles is 1. The molecule has 1 aromatic heterocycles. The highest BCUT2D eigenvalue weighted by molar-refractivity contribution is 5.80. The van der Waals surface area contributed by atoms with Crippen molar-refractivity contribution < 1.29 is 8.78 Å². The molecule has 1 heterocycles. The first-order chi connectivity index (χ1) is 12.4. The number of halogens is 2. The number of hydrogen-bond acceptors (Lipinski definition) is 2. The van der Waals surface area contributed by atoms with Crippen molar-refractivity contribution in [2.75, 3.05) is 0 Å². The van der Waals surface area contributed by atoms with Gasteiger partial charge in [-0.15, -0.1) is 0 Å². The van der Waals surface area contributed by atoms with E-state index in [1.807, 2.05) is 19.1 Å². The third kappa shape index (κ3) is 3.23. The van der Waals surface area contributed by atoms with Crippen molar-refractivity contribution in [1.29, 1.82) is 5.26 Å². The van der Waals surface area contributed by atoms with Crippen molar-refractivity contribution in [2.45, 2.75) is 32.1 Å². The third-order valence-corrected chi connectivity index (χ3v) is 4.74. The lowest BCUT2D eigenvalue weighted by atomic mass is 9.78. The molecule has 0 saturated heterocycles. The number of pyridine rings is 1. The number of hydrogen-bond donors (Lipinski definition) is 1. The smallest absolute Gasteiger partial charge is 0.251 e. The Bertz CT molecular complexity index is 1080. The van der Waals surface area contributed by atoms with Gasteiger partial charge in [-0.2, -0.15) is 5.26 Å². The van der Waals surface area contributed by atoms with E-state index in [9.17, 15) is 18.8 Å². The van der Waals surface area contributed by atoms with Crippen molar-refractivity contribution in [3.8, 4) is 6.07 Å². The van der Waals surface area contributed by atoms with E-state index in [0.717, 1.165) is 23.6 Å². The zero-order valence-electron chi connectivity index (χ0n) is 14.6. The van der Waals surface area contributed by atoms with Gasteiger partial charge in [-0.05, 0) is 66.6 Å². The van der Waals surface area contributed by atoms with E-state index in [4.69, 9.17) is 0 Å². The molecular formula is C21H18F2N2O. The number of rotatable bonds is 4. The fourth-order valence-corrected chi connectivity index (χ4v) is 3.12. The second-order valence-corrected chi connectivity index (χ2v) is 6.64. The molecule has 3 rings (SSSR count). The fourth-order valence-electron chi connectivity index (χ4n) is 3.12. The fraction of sp³-hybridized carbons (Fsp3) is 0.238. The van der Waals surface area contributed by atoms with E-state index in [2.05, 4.69) is 11.1 Å². The molecule has 0 bridgehead atoms. The van der Waals surface area contributed by atoms with Crippen LogP contribution in [0.3, 0.4) is 0 Å². The molecule has 1 N–H and O–H groups in total. The van der Waals surface area contributed by atoms with Crippen LogP contribution in [0, 0.1) is 23.0 Å². The minimum Gasteiger partial charge on any atom is -0.322 e. The van der Waals surface area contributed by atoms with E-state index in [0.29, 0.717) is 23.1 Å². The Morgan fingerprint density at radius 3 is 2.58 bits per heavy atom. The van der Waals surface area contributed by atoms with E-state index in [1.165, 1.54) is 0 Å². The molecule has 0 aliphatic carbocycles. The third-order valence-electron chi connectivity index (χ3n) is 4.74. The molecule has 3 nitrogen and oxygen atoms in total. The normalized spacial score (nSPS) is 13.3. The van der Waals surface area contributed by atoms with Gasteiger partial charge in [0.25, 0.3) is 5.56 Å². The number of fused-ring (bicyclic) bond motifs is 1. The number of aromatic amines is 1. The standard InChI is InChI=1S/C21H18F2N2O/c1-3-13-8-14-4-5-16(10-19(14)25-20(13)26)21(2,12-24)11-15-9-17(22)6-7-18(15)23/h4-10H,3,11H2,1-2H3,(H,25,26). The quantitative estimate of drug-likeness (QED) is 0.757. The lowest BCUT2D eigenvalue weighted by Gasteiger charge is -2.23. The summed E-state index contributed by atoms with van der Waals surface area (Å²) in [6.07, 6.45) is 0.650. The number of H-pyrrole nitrogens is 1. The minimum atomic E-state index is -1.07. The maximum atomic E-state index is 14.0. The summed E-state index contributed by atoms with van der Waals surface area (Å²) >= 11 is 0. The molecule has 1 unspecified atom stereocenters. The van der Waals surface area contributed by atoms with Crippen LogP contribution in [0.5, 0.6) is 0 Å². The molecule has 132 valence electrons. The second kappa shape index (κ2) is 6.72. The molecule has 0 aliphatic heterocycles. The van der Waals surface area contributed by atoms with Gasteiger partial charge in [0.15, 0.2) is 0 Å². The largest absolute Gasteiger partial charge is 0.322 e.